The Bertz CT molecular complexity index is 370. The van der Waals surface area contributed by atoms with Gasteiger partial charge in [-0.05, 0) is 20.3 Å². The van der Waals surface area contributed by atoms with E-state index in [1.54, 1.807) is 10.6 Å². The van der Waals surface area contributed by atoms with Gasteiger partial charge in [-0.15, -0.1) is 0 Å². The van der Waals surface area contributed by atoms with E-state index in [4.69, 9.17) is 0 Å². The van der Waals surface area contributed by atoms with E-state index in [-0.39, 0.29) is 27.8 Å². The molecule has 2 heterocycles. The van der Waals surface area contributed by atoms with Crippen LogP contribution in [0, 0.1) is 6.92 Å². The fourth-order valence-corrected chi connectivity index (χ4v) is 1.78. The number of aryl methyl sites for hydroxylation is 2. The molecule has 0 fully saturated rings. The second kappa shape index (κ2) is 25.8. The SMILES string of the molecule is C.C.C.CC.CC.CC.CC.Cc1cc(=O)n2c(n1)CCC2C. The maximum atomic E-state index is 11.5. The second-order valence-electron chi connectivity index (χ2n) is 3.41. The molecule has 1 aromatic rings. The van der Waals surface area contributed by atoms with Gasteiger partial charge in [0, 0.05) is 24.2 Å². The first-order valence-electron chi connectivity index (χ1n) is 8.27. The molecule has 2 rings (SSSR count). The standard InChI is InChI=1S/C9H12N2O.4C2H6.3CH4/c1-6-5-9(12)11-7(2)3-4-8(11)10-6;4*1-2;;;/h5,7H,3-4H2,1-2H3;4*1-2H3;3*1H4. The highest BCUT2D eigenvalue weighted by atomic mass is 16.1. The van der Waals surface area contributed by atoms with E-state index in [9.17, 15) is 4.79 Å². The molecular weight excluding hydrogens is 284 g/mol. The van der Waals surface area contributed by atoms with Gasteiger partial charge in [0.15, 0.2) is 0 Å². The Morgan fingerprint density at radius 3 is 1.74 bits per heavy atom. The summed E-state index contributed by atoms with van der Waals surface area (Å²) in [7, 11) is 0. The average molecular weight is 333 g/mol. The summed E-state index contributed by atoms with van der Waals surface area (Å²) in [6, 6.07) is 1.94. The number of hydrogen-bond acceptors (Lipinski definition) is 2. The van der Waals surface area contributed by atoms with Crippen LogP contribution in [0.15, 0.2) is 10.9 Å². The number of fused-ring (bicyclic) bond motifs is 1. The Hall–Kier alpha value is -1.12. The van der Waals surface area contributed by atoms with E-state index in [0.717, 1.165) is 24.4 Å². The van der Waals surface area contributed by atoms with Crippen LogP contribution in [0.2, 0.25) is 0 Å². The largest absolute Gasteiger partial charge is 0.294 e. The van der Waals surface area contributed by atoms with E-state index in [1.165, 1.54) is 0 Å². The summed E-state index contributed by atoms with van der Waals surface area (Å²) in [5, 5.41) is 0. The Balaban J connectivity index is -0.0000000583. The van der Waals surface area contributed by atoms with Gasteiger partial charge >= 0.3 is 0 Å². The Morgan fingerprint density at radius 1 is 0.957 bits per heavy atom. The van der Waals surface area contributed by atoms with Crippen LogP contribution < -0.4 is 5.56 Å². The number of nitrogens with zero attached hydrogens (tertiary/aromatic N) is 2. The number of rotatable bonds is 0. The molecule has 1 aliphatic rings. The first-order valence-corrected chi connectivity index (χ1v) is 8.27. The number of hydrogen-bond donors (Lipinski definition) is 0. The summed E-state index contributed by atoms with van der Waals surface area (Å²) in [6.07, 6.45) is 1.99. The van der Waals surface area contributed by atoms with Crippen molar-refractivity contribution < 1.29 is 0 Å². The molecule has 144 valence electrons. The number of aromatic nitrogens is 2. The third-order valence-electron chi connectivity index (χ3n) is 2.38. The monoisotopic (exact) mass is 332 g/mol. The van der Waals surface area contributed by atoms with Crippen molar-refractivity contribution in [1.29, 1.82) is 0 Å². The molecule has 0 saturated heterocycles. The van der Waals surface area contributed by atoms with Crippen molar-refractivity contribution in [2.24, 2.45) is 0 Å². The average Bonchev–Trinajstić information content (AvgIpc) is 2.89. The van der Waals surface area contributed by atoms with E-state index in [1.807, 2.05) is 62.3 Å². The molecule has 23 heavy (non-hydrogen) atoms. The summed E-state index contributed by atoms with van der Waals surface area (Å²) in [5.74, 6) is 0.951. The fourth-order valence-electron chi connectivity index (χ4n) is 1.78. The third-order valence-corrected chi connectivity index (χ3v) is 2.38. The maximum absolute atomic E-state index is 11.5. The minimum Gasteiger partial charge on any atom is -0.294 e. The van der Waals surface area contributed by atoms with Gasteiger partial charge in [-0.3, -0.25) is 9.36 Å². The summed E-state index contributed by atoms with van der Waals surface area (Å²) < 4.78 is 1.80. The molecule has 3 heteroatoms. The lowest BCUT2D eigenvalue weighted by atomic mass is 10.2. The van der Waals surface area contributed by atoms with Crippen LogP contribution in [0.3, 0.4) is 0 Å². The lowest BCUT2D eigenvalue weighted by molar-refractivity contribution is 0.558. The van der Waals surface area contributed by atoms with Gasteiger partial charge in [-0.25, -0.2) is 4.98 Å². The molecule has 1 aliphatic heterocycles. The highest BCUT2D eigenvalue weighted by Crippen LogP contribution is 2.20. The highest BCUT2D eigenvalue weighted by Gasteiger charge is 2.19. The minimum absolute atomic E-state index is 0. The predicted octanol–water partition coefficient (Wildman–Crippen LogP) is 7.07. The normalized spacial score (nSPS) is 12.0. The molecule has 0 spiro atoms. The highest BCUT2D eigenvalue weighted by molar-refractivity contribution is 5.07. The minimum atomic E-state index is 0. The van der Waals surface area contributed by atoms with Crippen molar-refractivity contribution in [3.63, 3.8) is 0 Å². The molecule has 0 saturated carbocycles. The van der Waals surface area contributed by atoms with Gasteiger partial charge < -0.3 is 0 Å². The van der Waals surface area contributed by atoms with E-state index >= 15 is 0 Å². The molecule has 3 nitrogen and oxygen atoms in total. The topological polar surface area (TPSA) is 34.9 Å². The molecule has 0 amide bonds. The first-order chi connectivity index (χ1) is 9.68. The zero-order valence-corrected chi connectivity index (χ0v) is 15.4. The molecule has 0 radical (unpaired) electrons. The molecular formula is C20H48N2O. The van der Waals surface area contributed by atoms with Gasteiger partial charge in [0.2, 0.25) is 0 Å². The zero-order valence-electron chi connectivity index (χ0n) is 15.4. The van der Waals surface area contributed by atoms with Crippen LogP contribution in [0.25, 0.3) is 0 Å². The van der Waals surface area contributed by atoms with E-state index in [2.05, 4.69) is 11.9 Å². The van der Waals surface area contributed by atoms with Crippen LogP contribution in [0.5, 0.6) is 0 Å². The van der Waals surface area contributed by atoms with Gasteiger partial charge in [0.25, 0.3) is 5.56 Å². The van der Waals surface area contributed by atoms with E-state index in [0.29, 0.717) is 6.04 Å². The molecule has 1 unspecified atom stereocenters. The van der Waals surface area contributed by atoms with Gasteiger partial charge in [0.1, 0.15) is 5.82 Å². The fraction of sp³-hybridized carbons (Fsp3) is 0.800. The van der Waals surface area contributed by atoms with E-state index < -0.39 is 0 Å². The van der Waals surface area contributed by atoms with Crippen LogP contribution >= 0.6 is 0 Å². The summed E-state index contributed by atoms with van der Waals surface area (Å²) in [5.41, 5.74) is 0.933. The van der Waals surface area contributed by atoms with Gasteiger partial charge in [0.05, 0.1) is 0 Å². The molecule has 1 atom stereocenters. The van der Waals surface area contributed by atoms with Crippen molar-refractivity contribution in [3.05, 3.63) is 27.9 Å². The van der Waals surface area contributed by atoms with Crippen LogP contribution in [0.4, 0.5) is 0 Å². The lowest BCUT2D eigenvalue weighted by Crippen LogP contribution is -2.22. The van der Waals surface area contributed by atoms with Crippen molar-refractivity contribution in [2.45, 2.75) is 110 Å². The van der Waals surface area contributed by atoms with Gasteiger partial charge in [-0.1, -0.05) is 77.7 Å². The summed E-state index contributed by atoms with van der Waals surface area (Å²) >= 11 is 0. The van der Waals surface area contributed by atoms with Crippen molar-refractivity contribution in [1.82, 2.24) is 9.55 Å². The summed E-state index contributed by atoms with van der Waals surface area (Å²) in [6.45, 7) is 19.9. The Morgan fingerprint density at radius 2 is 1.35 bits per heavy atom. The molecule has 0 aliphatic carbocycles. The Kier molecular flexibility index (Phi) is 42.5. The molecule has 1 aromatic heterocycles. The van der Waals surface area contributed by atoms with Gasteiger partial charge in [-0.2, -0.15) is 0 Å². The van der Waals surface area contributed by atoms with Crippen molar-refractivity contribution >= 4 is 0 Å². The van der Waals surface area contributed by atoms with Crippen LogP contribution in [-0.4, -0.2) is 9.55 Å². The first kappa shape index (κ1) is 37.8. The molecule has 0 N–H and O–H groups in total. The summed E-state index contributed by atoms with van der Waals surface area (Å²) in [4.78, 5) is 15.8. The Labute approximate surface area is 148 Å². The van der Waals surface area contributed by atoms with Crippen LogP contribution in [-0.2, 0) is 6.42 Å². The molecule has 0 bridgehead atoms. The maximum Gasteiger partial charge on any atom is 0.253 e. The molecule has 0 aromatic carbocycles. The third kappa shape index (κ3) is 13.1. The van der Waals surface area contributed by atoms with Crippen LogP contribution in [0.1, 0.15) is 109 Å². The second-order valence-corrected chi connectivity index (χ2v) is 3.41. The van der Waals surface area contributed by atoms with Crippen molar-refractivity contribution in [2.75, 3.05) is 0 Å². The predicted molar refractivity (Wildman–Crippen MR) is 112 cm³/mol. The van der Waals surface area contributed by atoms with Crippen molar-refractivity contribution in [3.8, 4) is 0 Å². The zero-order chi connectivity index (χ0) is 16.7. The lowest BCUT2D eigenvalue weighted by Gasteiger charge is -2.07. The quantitative estimate of drug-likeness (QED) is 0.509. The smallest absolute Gasteiger partial charge is 0.253 e.